The summed E-state index contributed by atoms with van der Waals surface area (Å²) in [7, 11) is -2.84. The van der Waals surface area contributed by atoms with Crippen LogP contribution in [0, 0.1) is 5.92 Å². The van der Waals surface area contributed by atoms with Gasteiger partial charge in [0, 0.05) is 24.8 Å². The Bertz CT molecular complexity index is 977. The molecule has 2 aliphatic rings. The summed E-state index contributed by atoms with van der Waals surface area (Å²) < 4.78 is 19.1. The van der Waals surface area contributed by atoms with Crippen LogP contribution in [0.1, 0.15) is 25.0 Å². The smallest absolute Gasteiger partial charge is 0.257 e. The molecule has 1 saturated carbocycles. The Labute approximate surface area is 156 Å². The Morgan fingerprint density at radius 2 is 2.15 bits per heavy atom. The first-order valence-electron chi connectivity index (χ1n) is 8.47. The molecule has 0 aromatic carbocycles. The lowest BCUT2D eigenvalue weighted by Crippen LogP contribution is -2.35. The van der Waals surface area contributed by atoms with Crippen molar-refractivity contribution in [3.63, 3.8) is 0 Å². The number of carbonyl (C=O) groups excluding carboxylic acids is 1. The molecule has 138 valence electrons. The maximum atomic E-state index is 13.2. The Kier molecular flexibility index (Phi) is 4.44. The topological polar surface area (TPSA) is 93.3 Å². The highest BCUT2D eigenvalue weighted by molar-refractivity contribution is 7.93. The van der Waals surface area contributed by atoms with E-state index in [0.29, 0.717) is 35.5 Å². The summed E-state index contributed by atoms with van der Waals surface area (Å²) in [6, 6.07) is 1.70. The second-order valence-electron chi connectivity index (χ2n) is 6.66. The number of anilines is 1. The van der Waals surface area contributed by atoms with Crippen molar-refractivity contribution in [1.29, 1.82) is 0 Å². The number of amides is 1. The molecule has 3 heterocycles. The molecular formula is C16H19ClN6O2S. The van der Waals surface area contributed by atoms with Gasteiger partial charge in [-0.25, -0.2) is 14.2 Å². The fraction of sp³-hybridized carbons (Fsp3) is 0.500. The summed E-state index contributed by atoms with van der Waals surface area (Å²) in [6.45, 7) is 1.80. The van der Waals surface area contributed by atoms with Crippen LogP contribution in [-0.4, -0.2) is 42.7 Å². The average molecular weight is 395 g/mol. The van der Waals surface area contributed by atoms with E-state index in [4.69, 9.17) is 11.6 Å². The number of carbonyl (C=O) groups is 1. The Morgan fingerprint density at radius 3 is 2.85 bits per heavy atom. The van der Waals surface area contributed by atoms with Crippen LogP contribution in [0.5, 0.6) is 0 Å². The monoisotopic (exact) mass is 394 g/mol. The number of rotatable bonds is 3. The molecule has 8 nitrogen and oxygen atoms in total. The molecule has 1 unspecified atom stereocenters. The van der Waals surface area contributed by atoms with Gasteiger partial charge in [0.25, 0.3) is 5.91 Å². The van der Waals surface area contributed by atoms with Gasteiger partial charge in [-0.3, -0.25) is 9.48 Å². The third kappa shape index (κ3) is 3.21. The molecule has 0 N–H and O–H groups in total. The molecule has 1 amide bonds. The minimum Gasteiger partial charge on any atom is -0.349 e. The standard InChI is InChI=1S/C16H19ClN6O2S/c1-26(25,21-16(24)11-3-2-4-11)13-8-20-23-6-5-22(9-12(13)23)15-7-14(17)18-10-19-15/h7-8,10-11H,2-6,9H2,1H3. The SMILES string of the molecule is CS(=O)(=NC(=O)C1CCC1)c1cnn2c1CN(c1cc(Cl)ncn1)CC2. The maximum absolute atomic E-state index is 13.2. The second kappa shape index (κ2) is 6.62. The summed E-state index contributed by atoms with van der Waals surface area (Å²) in [5.74, 6) is 0.384. The Morgan fingerprint density at radius 1 is 1.35 bits per heavy atom. The minimum absolute atomic E-state index is 0.0677. The zero-order valence-electron chi connectivity index (χ0n) is 14.3. The molecule has 2 aromatic heterocycles. The molecular weight excluding hydrogens is 376 g/mol. The number of fused-ring (bicyclic) bond motifs is 1. The van der Waals surface area contributed by atoms with Crippen LogP contribution in [0.4, 0.5) is 5.82 Å². The number of hydrogen-bond acceptors (Lipinski definition) is 6. The molecule has 26 heavy (non-hydrogen) atoms. The summed E-state index contributed by atoms with van der Waals surface area (Å²) in [6.07, 6.45) is 7.22. The van der Waals surface area contributed by atoms with Crippen molar-refractivity contribution in [2.24, 2.45) is 10.3 Å². The van der Waals surface area contributed by atoms with E-state index >= 15 is 0 Å². The molecule has 1 atom stereocenters. The van der Waals surface area contributed by atoms with E-state index in [1.165, 1.54) is 12.6 Å². The molecule has 0 bridgehead atoms. The van der Waals surface area contributed by atoms with Crippen LogP contribution in [-0.2, 0) is 27.6 Å². The first-order chi connectivity index (χ1) is 12.4. The van der Waals surface area contributed by atoms with Crippen LogP contribution in [0.25, 0.3) is 0 Å². The lowest BCUT2D eigenvalue weighted by Gasteiger charge is -2.29. The van der Waals surface area contributed by atoms with Crippen molar-refractivity contribution in [3.05, 3.63) is 29.4 Å². The van der Waals surface area contributed by atoms with Crippen molar-refractivity contribution < 1.29 is 9.00 Å². The van der Waals surface area contributed by atoms with E-state index in [2.05, 4.69) is 19.4 Å². The lowest BCUT2D eigenvalue weighted by molar-refractivity contribution is -0.123. The second-order valence-corrected chi connectivity index (χ2v) is 9.27. The fourth-order valence-corrected chi connectivity index (χ4v) is 4.76. The average Bonchev–Trinajstić information content (AvgIpc) is 2.96. The summed E-state index contributed by atoms with van der Waals surface area (Å²) >= 11 is 5.96. The van der Waals surface area contributed by atoms with Crippen LogP contribution in [0.15, 0.2) is 27.8 Å². The number of halogens is 1. The summed E-state index contributed by atoms with van der Waals surface area (Å²) in [4.78, 5) is 22.9. The highest BCUT2D eigenvalue weighted by atomic mass is 35.5. The zero-order valence-corrected chi connectivity index (χ0v) is 15.9. The van der Waals surface area contributed by atoms with Gasteiger partial charge in [0.15, 0.2) is 0 Å². The van der Waals surface area contributed by atoms with Gasteiger partial charge in [0.2, 0.25) is 0 Å². The van der Waals surface area contributed by atoms with Crippen molar-refractivity contribution in [1.82, 2.24) is 19.7 Å². The third-order valence-electron chi connectivity index (χ3n) is 4.90. The first kappa shape index (κ1) is 17.4. The van der Waals surface area contributed by atoms with E-state index in [1.807, 2.05) is 9.58 Å². The number of hydrogen-bond donors (Lipinski definition) is 0. The van der Waals surface area contributed by atoms with Gasteiger partial charge in [0.05, 0.1) is 39.6 Å². The lowest BCUT2D eigenvalue weighted by atomic mass is 9.85. The van der Waals surface area contributed by atoms with Crippen molar-refractivity contribution >= 4 is 33.1 Å². The van der Waals surface area contributed by atoms with Crippen molar-refractivity contribution in [2.45, 2.75) is 37.2 Å². The number of nitrogens with zero attached hydrogens (tertiary/aromatic N) is 6. The quantitative estimate of drug-likeness (QED) is 0.740. The number of aromatic nitrogens is 4. The molecule has 10 heteroatoms. The van der Waals surface area contributed by atoms with E-state index in [1.54, 1.807) is 12.3 Å². The van der Waals surface area contributed by atoms with E-state index in [0.717, 1.165) is 25.0 Å². The van der Waals surface area contributed by atoms with Gasteiger partial charge in [-0.05, 0) is 12.8 Å². The molecule has 2 aromatic rings. The molecule has 0 spiro atoms. The normalized spacial score (nSPS) is 19.4. The van der Waals surface area contributed by atoms with E-state index in [9.17, 15) is 9.00 Å². The van der Waals surface area contributed by atoms with Crippen LogP contribution >= 0.6 is 11.6 Å². The molecule has 1 aliphatic carbocycles. The van der Waals surface area contributed by atoms with Crippen molar-refractivity contribution in [3.8, 4) is 0 Å². The van der Waals surface area contributed by atoms with Gasteiger partial charge in [-0.15, -0.1) is 0 Å². The van der Waals surface area contributed by atoms with Crippen LogP contribution < -0.4 is 4.90 Å². The molecule has 0 saturated heterocycles. The van der Waals surface area contributed by atoms with Gasteiger partial charge >= 0.3 is 0 Å². The molecule has 0 radical (unpaired) electrons. The predicted octanol–water partition coefficient (Wildman–Crippen LogP) is 2.13. The van der Waals surface area contributed by atoms with Crippen LogP contribution in [0.2, 0.25) is 5.15 Å². The van der Waals surface area contributed by atoms with Gasteiger partial charge in [-0.1, -0.05) is 18.0 Å². The fourth-order valence-electron chi connectivity index (χ4n) is 3.18. The maximum Gasteiger partial charge on any atom is 0.257 e. The van der Waals surface area contributed by atoms with E-state index < -0.39 is 9.73 Å². The molecule has 1 fully saturated rings. The van der Waals surface area contributed by atoms with E-state index in [-0.39, 0.29) is 11.8 Å². The molecule has 4 rings (SSSR count). The summed E-state index contributed by atoms with van der Waals surface area (Å²) in [5.41, 5.74) is 0.795. The van der Waals surface area contributed by atoms with Gasteiger partial charge < -0.3 is 4.90 Å². The minimum atomic E-state index is -2.84. The van der Waals surface area contributed by atoms with Crippen LogP contribution in [0.3, 0.4) is 0 Å². The molecule has 1 aliphatic heterocycles. The summed E-state index contributed by atoms with van der Waals surface area (Å²) in [5, 5.41) is 4.71. The van der Waals surface area contributed by atoms with Crippen molar-refractivity contribution in [2.75, 3.05) is 17.7 Å². The largest absolute Gasteiger partial charge is 0.349 e. The highest BCUT2D eigenvalue weighted by Crippen LogP contribution is 2.30. The predicted molar refractivity (Wildman–Crippen MR) is 97.4 cm³/mol. The van der Waals surface area contributed by atoms with Gasteiger partial charge in [0.1, 0.15) is 17.3 Å². The third-order valence-corrected chi connectivity index (χ3v) is 6.79. The Balaban J connectivity index is 1.65. The van der Waals surface area contributed by atoms with Gasteiger partial charge in [-0.2, -0.15) is 9.46 Å². The Hall–Kier alpha value is -2.00. The first-order valence-corrected chi connectivity index (χ1v) is 10.8. The zero-order chi connectivity index (χ0) is 18.3. The highest BCUT2D eigenvalue weighted by Gasteiger charge is 2.29.